The third-order valence-electron chi connectivity index (χ3n) is 4.10. The van der Waals surface area contributed by atoms with Crippen LogP contribution in [0.5, 0.6) is 0 Å². The Hall–Kier alpha value is -2.73. The lowest BCUT2D eigenvalue weighted by molar-refractivity contribution is -0.0469. The molecule has 24 heavy (non-hydrogen) atoms. The number of nitrogens with zero attached hydrogens (tertiary/aromatic N) is 2. The molecule has 2 amide bonds. The Bertz CT molecular complexity index is 757. The highest BCUT2D eigenvalue weighted by Crippen LogP contribution is 2.15. The molecule has 1 aliphatic heterocycles. The summed E-state index contributed by atoms with van der Waals surface area (Å²) >= 11 is 0. The molecule has 6 nitrogen and oxygen atoms in total. The Balaban J connectivity index is 1.90. The lowest BCUT2D eigenvalue weighted by Crippen LogP contribution is -2.49. The second kappa shape index (κ2) is 6.80. The zero-order chi connectivity index (χ0) is 17.1. The molecular formula is C18H19N3O3. The monoisotopic (exact) mass is 325 g/mol. The van der Waals surface area contributed by atoms with E-state index in [4.69, 9.17) is 10.5 Å². The molecule has 6 heteroatoms. The first-order valence-corrected chi connectivity index (χ1v) is 7.74. The van der Waals surface area contributed by atoms with Crippen LogP contribution in [0.3, 0.4) is 0 Å². The molecule has 0 bridgehead atoms. The molecule has 2 heterocycles. The minimum absolute atomic E-state index is 0.0501. The van der Waals surface area contributed by atoms with Crippen LogP contribution in [-0.2, 0) is 11.2 Å². The molecule has 0 radical (unpaired) electrons. The van der Waals surface area contributed by atoms with Crippen LogP contribution in [0.2, 0.25) is 0 Å². The number of rotatable bonds is 5. The molecule has 0 saturated carbocycles. The highest BCUT2D eigenvalue weighted by atomic mass is 16.5. The van der Waals surface area contributed by atoms with E-state index in [1.807, 2.05) is 30.3 Å². The topological polar surface area (TPSA) is 85.5 Å². The van der Waals surface area contributed by atoms with Gasteiger partial charge in [-0.2, -0.15) is 0 Å². The van der Waals surface area contributed by atoms with E-state index in [2.05, 4.69) is 4.98 Å². The average molecular weight is 325 g/mol. The summed E-state index contributed by atoms with van der Waals surface area (Å²) in [7, 11) is 1.71. The molecule has 0 unspecified atom stereocenters. The Kier molecular flexibility index (Phi) is 4.57. The van der Waals surface area contributed by atoms with Gasteiger partial charge in [-0.05, 0) is 17.7 Å². The number of amides is 2. The summed E-state index contributed by atoms with van der Waals surface area (Å²) in [5.41, 5.74) is 7.61. The van der Waals surface area contributed by atoms with E-state index in [0.717, 1.165) is 5.56 Å². The Morgan fingerprint density at radius 3 is 2.54 bits per heavy atom. The number of hydrogen-bond acceptors (Lipinski definition) is 4. The van der Waals surface area contributed by atoms with Crippen molar-refractivity contribution < 1.29 is 14.3 Å². The lowest BCUT2D eigenvalue weighted by atomic mass is 10.1. The lowest BCUT2D eigenvalue weighted by Gasteiger charge is -2.34. The van der Waals surface area contributed by atoms with Gasteiger partial charge in [-0.1, -0.05) is 30.3 Å². The van der Waals surface area contributed by atoms with E-state index in [9.17, 15) is 9.59 Å². The third kappa shape index (κ3) is 3.44. The third-order valence-corrected chi connectivity index (χ3v) is 4.10. The van der Waals surface area contributed by atoms with Crippen LogP contribution in [-0.4, -0.2) is 48.0 Å². The number of benzene rings is 1. The number of pyridine rings is 1. The maximum atomic E-state index is 12.6. The maximum Gasteiger partial charge on any atom is 0.272 e. The highest BCUT2D eigenvalue weighted by molar-refractivity contribution is 5.98. The number of aromatic nitrogens is 1. The Morgan fingerprint density at radius 2 is 1.96 bits per heavy atom. The largest absolute Gasteiger partial charge is 0.377 e. The van der Waals surface area contributed by atoms with Gasteiger partial charge in [0.25, 0.3) is 5.91 Å². The van der Waals surface area contributed by atoms with Crippen molar-refractivity contribution in [2.75, 3.05) is 20.3 Å². The summed E-state index contributed by atoms with van der Waals surface area (Å²) in [5, 5.41) is 0. The molecule has 1 aromatic carbocycles. The van der Waals surface area contributed by atoms with Crippen LogP contribution >= 0.6 is 0 Å². The van der Waals surface area contributed by atoms with Gasteiger partial charge >= 0.3 is 0 Å². The fraction of sp³-hybridized carbons (Fsp3) is 0.278. The summed E-state index contributed by atoms with van der Waals surface area (Å²) in [6.07, 6.45) is 0.526. The quantitative estimate of drug-likeness (QED) is 0.896. The van der Waals surface area contributed by atoms with E-state index in [0.29, 0.717) is 25.3 Å². The van der Waals surface area contributed by atoms with Gasteiger partial charge in [0, 0.05) is 24.7 Å². The molecule has 0 spiro atoms. The van der Waals surface area contributed by atoms with E-state index in [1.165, 1.54) is 6.07 Å². The number of carbonyl (C=O) groups is 2. The predicted molar refractivity (Wildman–Crippen MR) is 88.7 cm³/mol. The van der Waals surface area contributed by atoms with E-state index >= 15 is 0 Å². The van der Waals surface area contributed by atoms with Crippen LogP contribution in [0.15, 0.2) is 42.5 Å². The first kappa shape index (κ1) is 16.1. The van der Waals surface area contributed by atoms with Gasteiger partial charge in [0.2, 0.25) is 5.91 Å². The normalized spacial score (nSPS) is 14.0. The van der Waals surface area contributed by atoms with Crippen molar-refractivity contribution in [2.45, 2.75) is 12.5 Å². The average Bonchev–Trinajstić information content (AvgIpc) is 2.53. The Morgan fingerprint density at radius 1 is 1.25 bits per heavy atom. The van der Waals surface area contributed by atoms with Crippen molar-refractivity contribution in [1.29, 1.82) is 0 Å². The van der Waals surface area contributed by atoms with Gasteiger partial charge in [0.1, 0.15) is 5.69 Å². The van der Waals surface area contributed by atoms with Crippen molar-refractivity contribution in [2.24, 2.45) is 5.73 Å². The standard InChI is InChI=1S/C18H19N3O3/c1-21(15-10-24-11-15)18(23)16-9-13(17(19)22)8-14(20-16)7-12-5-3-2-4-6-12/h2-6,8-9,15H,7,10-11H2,1H3,(H2,19,22). The fourth-order valence-electron chi connectivity index (χ4n) is 2.53. The molecule has 2 N–H and O–H groups in total. The number of primary amides is 1. The van der Waals surface area contributed by atoms with Gasteiger partial charge in [0.05, 0.1) is 19.3 Å². The first-order chi connectivity index (χ1) is 11.5. The van der Waals surface area contributed by atoms with Crippen LogP contribution in [0, 0.1) is 0 Å². The molecule has 0 aliphatic carbocycles. The van der Waals surface area contributed by atoms with E-state index < -0.39 is 5.91 Å². The summed E-state index contributed by atoms with van der Waals surface area (Å²) in [4.78, 5) is 30.2. The Labute approximate surface area is 140 Å². The summed E-state index contributed by atoms with van der Waals surface area (Å²) in [6, 6.07) is 12.9. The zero-order valence-corrected chi connectivity index (χ0v) is 13.4. The summed E-state index contributed by atoms with van der Waals surface area (Å²) in [6.45, 7) is 1.04. The molecule has 1 saturated heterocycles. The number of ether oxygens (including phenoxy) is 1. The van der Waals surface area contributed by atoms with Crippen molar-refractivity contribution >= 4 is 11.8 Å². The fourth-order valence-corrected chi connectivity index (χ4v) is 2.53. The number of nitrogens with two attached hydrogens (primary N) is 1. The van der Waals surface area contributed by atoms with Gasteiger partial charge < -0.3 is 15.4 Å². The minimum Gasteiger partial charge on any atom is -0.377 e. The number of likely N-dealkylation sites (N-methyl/N-ethyl adjacent to an activating group) is 1. The van der Waals surface area contributed by atoms with Crippen LogP contribution in [0.25, 0.3) is 0 Å². The van der Waals surface area contributed by atoms with Crippen LogP contribution in [0.4, 0.5) is 0 Å². The number of carbonyl (C=O) groups excluding carboxylic acids is 2. The van der Waals surface area contributed by atoms with Crippen molar-refractivity contribution in [3.8, 4) is 0 Å². The van der Waals surface area contributed by atoms with Crippen LogP contribution in [0.1, 0.15) is 32.1 Å². The van der Waals surface area contributed by atoms with Crippen molar-refractivity contribution in [3.05, 3.63) is 65.0 Å². The first-order valence-electron chi connectivity index (χ1n) is 7.74. The smallest absolute Gasteiger partial charge is 0.272 e. The molecule has 1 aromatic heterocycles. The molecule has 2 aromatic rings. The maximum absolute atomic E-state index is 12.6. The molecule has 1 fully saturated rings. The highest BCUT2D eigenvalue weighted by Gasteiger charge is 2.28. The SMILES string of the molecule is CN(C(=O)c1cc(C(N)=O)cc(Cc2ccccc2)n1)C1COC1. The second-order valence-corrected chi connectivity index (χ2v) is 5.87. The second-order valence-electron chi connectivity index (χ2n) is 5.87. The molecule has 124 valence electrons. The van der Waals surface area contributed by atoms with Crippen molar-refractivity contribution in [3.63, 3.8) is 0 Å². The van der Waals surface area contributed by atoms with Crippen LogP contribution < -0.4 is 5.73 Å². The molecular weight excluding hydrogens is 306 g/mol. The van der Waals surface area contributed by atoms with E-state index in [-0.39, 0.29) is 23.2 Å². The molecule has 1 aliphatic rings. The van der Waals surface area contributed by atoms with Gasteiger partial charge in [0.15, 0.2) is 0 Å². The van der Waals surface area contributed by atoms with E-state index in [1.54, 1.807) is 18.0 Å². The summed E-state index contributed by atoms with van der Waals surface area (Å²) < 4.78 is 5.12. The summed E-state index contributed by atoms with van der Waals surface area (Å²) in [5.74, 6) is -0.809. The van der Waals surface area contributed by atoms with Gasteiger partial charge in [-0.3, -0.25) is 9.59 Å². The number of hydrogen-bond donors (Lipinski definition) is 1. The predicted octanol–water partition coefficient (Wildman–Crippen LogP) is 1.24. The molecule has 0 atom stereocenters. The molecule has 3 rings (SSSR count). The van der Waals surface area contributed by atoms with Gasteiger partial charge in [-0.25, -0.2) is 4.98 Å². The zero-order valence-electron chi connectivity index (χ0n) is 13.4. The van der Waals surface area contributed by atoms with Crippen molar-refractivity contribution in [1.82, 2.24) is 9.88 Å². The minimum atomic E-state index is -0.574. The van der Waals surface area contributed by atoms with Gasteiger partial charge in [-0.15, -0.1) is 0 Å².